The van der Waals surface area contributed by atoms with E-state index in [0.29, 0.717) is 0 Å². The van der Waals surface area contributed by atoms with Gasteiger partial charge in [-0.2, -0.15) is 0 Å². The van der Waals surface area contributed by atoms with Gasteiger partial charge in [0.05, 0.1) is 5.69 Å². The summed E-state index contributed by atoms with van der Waals surface area (Å²) in [6, 6.07) is 0. The summed E-state index contributed by atoms with van der Waals surface area (Å²) in [7, 11) is 0. The summed E-state index contributed by atoms with van der Waals surface area (Å²) < 4.78 is 1.93. The Morgan fingerprint density at radius 2 is 2.29 bits per heavy atom. The molecule has 0 saturated heterocycles. The third-order valence-electron chi connectivity index (χ3n) is 2.09. The maximum Gasteiger partial charge on any atom is 0.0824 e. The number of hydrogen-bond acceptors (Lipinski definition) is 2. The largest absolute Gasteiger partial charge is 0.252 e. The van der Waals surface area contributed by atoms with Crippen LogP contribution in [0.15, 0.2) is 17.8 Å². The number of aryl methyl sites for hydroxylation is 2. The number of hydrogen-bond donors (Lipinski definition) is 0. The van der Waals surface area contributed by atoms with Gasteiger partial charge in [-0.15, -0.1) is 5.10 Å². The molecule has 3 nitrogen and oxygen atoms in total. The quantitative estimate of drug-likeness (QED) is 0.531. The van der Waals surface area contributed by atoms with E-state index in [2.05, 4.69) is 37.2 Å². The molecule has 0 aliphatic carbocycles. The van der Waals surface area contributed by atoms with E-state index in [-0.39, 0.29) is 0 Å². The summed E-state index contributed by atoms with van der Waals surface area (Å²) in [5, 5.41) is 8.10. The molecule has 0 spiro atoms. The zero-order valence-electron chi connectivity index (χ0n) is 9.32. The maximum atomic E-state index is 4.05. The number of nitrogens with zero attached hydrogens (tertiary/aromatic N) is 3. The zero-order chi connectivity index (χ0) is 10.4. The lowest BCUT2D eigenvalue weighted by Gasteiger charge is -1.97. The van der Waals surface area contributed by atoms with Gasteiger partial charge in [-0.05, 0) is 33.1 Å². The average Bonchev–Trinajstić information content (AvgIpc) is 2.60. The lowest BCUT2D eigenvalue weighted by molar-refractivity contribution is 0.562. The molecule has 14 heavy (non-hydrogen) atoms. The predicted octanol–water partition coefficient (Wildman–Crippen LogP) is 2.59. The number of allylic oxidation sites excluding steroid dienone is 2. The van der Waals surface area contributed by atoms with Crippen LogP contribution in [0.1, 0.15) is 39.3 Å². The van der Waals surface area contributed by atoms with Crippen LogP contribution in [0.25, 0.3) is 0 Å². The highest BCUT2D eigenvalue weighted by molar-refractivity contribution is 4.93. The molecule has 3 heteroatoms. The molecule has 0 aliphatic rings. The number of rotatable bonds is 5. The highest BCUT2D eigenvalue weighted by Crippen LogP contribution is 2.00. The van der Waals surface area contributed by atoms with Crippen LogP contribution >= 0.6 is 0 Å². The first-order valence-corrected chi connectivity index (χ1v) is 5.24. The molecule has 0 atom stereocenters. The molecular formula is C11H19N3. The molecule has 0 unspecified atom stereocenters. The first-order valence-electron chi connectivity index (χ1n) is 5.24. The van der Waals surface area contributed by atoms with Gasteiger partial charge in [-0.3, -0.25) is 4.68 Å². The van der Waals surface area contributed by atoms with Crippen molar-refractivity contribution in [3.05, 3.63) is 23.5 Å². The second-order valence-electron chi connectivity index (χ2n) is 3.75. The van der Waals surface area contributed by atoms with Crippen LogP contribution in [0.2, 0.25) is 0 Å². The summed E-state index contributed by atoms with van der Waals surface area (Å²) in [6.07, 6.45) is 7.52. The van der Waals surface area contributed by atoms with Gasteiger partial charge in [0.25, 0.3) is 0 Å². The standard InChI is InChI=1S/C11H19N3/c1-4-11-9-14(13-12-11)8-6-5-7-10(2)3/h7,9H,4-6,8H2,1-3H3. The Kier molecular flexibility index (Phi) is 4.36. The lowest BCUT2D eigenvalue weighted by atomic mass is 10.2. The molecule has 0 fully saturated rings. The molecule has 1 aromatic rings. The second-order valence-corrected chi connectivity index (χ2v) is 3.75. The van der Waals surface area contributed by atoms with Crippen molar-refractivity contribution >= 4 is 0 Å². The van der Waals surface area contributed by atoms with Crippen molar-refractivity contribution in [3.63, 3.8) is 0 Å². The summed E-state index contributed by atoms with van der Waals surface area (Å²) in [4.78, 5) is 0. The fourth-order valence-corrected chi connectivity index (χ4v) is 1.25. The Balaban J connectivity index is 2.28. The van der Waals surface area contributed by atoms with E-state index in [9.17, 15) is 0 Å². The van der Waals surface area contributed by atoms with Gasteiger partial charge in [0.15, 0.2) is 0 Å². The number of aromatic nitrogens is 3. The molecule has 0 aromatic carbocycles. The topological polar surface area (TPSA) is 30.7 Å². The van der Waals surface area contributed by atoms with Crippen LogP contribution in [0.4, 0.5) is 0 Å². The minimum absolute atomic E-state index is 0.966. The van der Waals surface area contributed by atoms with Crippen molar-refractivity contribution in [2.75, 3.05) is 0 Å². The molecule has 0 amide bonds. The third-order valence-corrected chi connectivity index (χ3v) is 2.09. The van der Waals surface area contributed by atoms with Crippen molar-refractivity contribution in [1.82, 2.24) is 15.0 Å². The Labute approximate surface area is 85.8 Å². The van der Waals surface area contributed by atoms with Crippen LogP contribution in [-0.4, -0.2) is 15.0 Å². The first kappa shape index (κ1) is 11.0. The highest BCUT2D eigenvalue weighted by atomic mass is 15.4. The van der Waals surface area contributed by atoms with Crippen molar-refractivity contribution in [1.29, 1.82) is 0 Å². The summed E-state index contributed by atoms with van der Waals surface area (Å²) >= 11 is 0. The average molecular weight is 193 g/mol. The predicted molar refractivity (Wildman–Crippen MR) is 58.1 cm³/mol. The molecule has 78 valence electrons. The molecule has 1 heterocycles. The minimum atomic E-state index is 0.966. The van der Waals surface area contributed by atoms with E-state index >= 15 is 0 Å². The van der Waals surface area contributed by atoms with Gasteiger partial charge < -0.3 is 0 Å². The Morgan fingerprint density at radius 3 is 2.86 bits per heavy atom. The van der Waals surface area contributed by atoms with Gasteiger partial charge >= 0.3 is 0 Å². The fourth-order valence-electron chi connectivity index (χ4n) is 1.25. The van der Waals surface area contributed by atoms with Crippen LogP contribution in [0.3, 0.4) is 0 Å². The maximum absolute atomic E-state index is 4.05. The SMILES string of the molecule is CCc1cn(CCCC=C(C)C)nn1. The zero-order valence-corrected chi connectivity index (χ0v) is 9.32. The van der Waals surface area contributed by atoms with E-state index in [1.165, 1.54) is 5.57 Å². The van der Waals surface area contributed by atoms with Crippen LogP contribution in [-0.2, 0) is 13.0 Å². The van der Waals surface area contributed by atoms with Gasteiger partial charge in [0.2, 0.25) is 0 Å². The monoisotopic (exact) mass is 193 g/mol. The Bertz CT molecular complexity index is 295. The van der Waals surface area contributed by atoms with Crippen molar-refractivity contribution < 1.29 is 0 Å². The molecule has 0 aliphatic heterocycles. The highest BCUT2D eigenvalue weighted by Gasteiger charge is 1.96. The van der Waals surface area contributed by atoms with Gasteiger partial charge in [0, 0.05) is 12.7 Å². The van der Waals surface area contributed by atoms with Crippen LogP contribution in [0, 0.1) is 0 Å². The normalized spacial score (nSPS) is 10.2. The van der Waals surface area contributed by atoms with E-state index < -0.39 is 0 Å². The summed E-state index contributed by atoms with van der Waals surface area (Å²) in [5.74, 6) is 0. The van der Waals surface area contributed by atoms with E-state index in [1.54, 1.807) is 0 Å². The minimum Gasteiger partial charge on any atom is -0.252 e. The first-order chi connectivity index (χ1) is 6.72. The molecule has 0 N–H and O–H groups in total. The third kappa shape index (κ3) is 3.73. The van der Waals surface area contributed by atoms with Gasteiger partial charge in [-0.1, -0.05) is 23.8 Å². The number of unbranched alkanes of at least 4 members (excludes halogenated alkanes) is 1. The van der Waals surface area contributed by atoms with Gasteiger partial charge in [-0.25, -0.2) is 0 Å². The summed E-state index contributed by atoms with van der Waals surface area (Å²) in [5.41, 5.74) is 2.46. The van der Waals surface area contributed by atoms with Crippen LogP contribution in [0.5, 0.6) is 0 Å². The van der Waals surface area contributed by atoms with Gasteiger partial charge in [0.1, 0.15) is 0 Å². The summed E-state index contributed by atoms with van der Waals surface area (Å²) in [6.45, 7) is 7.32. The molecule has 1 rings (SSSR count). The Morgan fingerprint density at radius 1 is 1.50 bits per heavy atom. The molecule has 0 saturated carbocycles. The van der Waals surface area contributed by atoms with E-state index in [1.807, 2.05) is 10.9 Å². The smallest absolute Gasteiger partial charge is 0.0824 e. The lowest BCUT2D eigenvalue weighted by Crippen LogP contribution is -1.98. The van der Waals surface area contributed by atoms with E-state index in [0.717, 1.165) is 31.5 Å². The fraction of sp³-hybridized carbons (Fsp3) is 0.636. The van der Waals surface area contributed by atoms with E-state index in [4.69, 9.17) is 0 Å². The van der Waals surface area contributed by atoms with Crippen molar-refractivity contribution in [2.45, 2.75) is 46.6 Å². The molecular weight excluding hydrogens is 174 g/mol. The second kappa shape index (κ2) is 5.58. The molecule has 0 bridgehead atoms. The van der Waals surface area contributed by atoms with Crippen LogP contribution < -0.4 is 0 Å². The van der Waals surface area contributed by atoms with Crippen molar-refractivity contribution in [2.24, 2.45) is 0 Å². The van der Waals surface area contributed by atoms with Crippen molar-refractivity contribution in [3.8, 4) is 0 Å². The molecule has 1 aromatic heterocycles. The Hall–Kier alpha value is -1.12. The molecule has 0 radical (unpaired) electrons.